The van der Waals surface area contributed by atoms with Crippen LogP contribution < -0.4 is 24.4 Å². The molecular weight excluding hydrogens is 516 g/mol. The van der Waals surface area contributed by atoms with Crippen LogP contribution in [0, 0.1) is 0 Å². The molecule has 1 atom stereocenters. The van der Waals surface area contributed by atoms with Gasteiger partial charge in [0.2, 0.25) is 0 Å². The Balaban J connectivity index is 1.84. The second-order valence-corrected chi connectivity index (χ2v) is 9.62. The van der Waals surface area contributed by atoms with E-state index < -0.39 is 12.0 Å². The molecule has 8 nitrogen and oxygen atoms in total. The number of para-hydroxylation sites is 1. The highest BCUT2D eigenvalue weighted by atomic mass is 32.1. The number of benzene rings is 3. The van der Waals surface area contributed by atoms with Gasteiger partial charge in [-0.15, -0.1) is 0 Å². The lowest BCUT2D eigenvalue weighted by atomic mass is 9.93. The highest BCUT2D eigenvalue weighted by Crippen LogP contribution is 2.36. The van der Waals surface area contributed by atoms with Crippen LogP contribution in [0.5, 0.6) is 17.2 Å². The van der Waals surface area contributed by atoms with Crippen LogP contribution >= 0.6 is 11.3 Å². The number of ether oxygens (including phenoxy) is 3. The standard InChI is InChI=1S/C30H26N2O6S/c1-4-38-29(35)24-25(18-10-6-5-7-11-18)31-30-32(26(24)19-12-8-14-21(16-19)36-2)28(34)23(39-30)17-20-13-9-15-22(37-3)27(20)33/h5-17,26,33H,4H2,1-3H3/b23-17+/t26-/m0/s1. The van der Waals surface area contributed by atoms with E-state index in [4.69, 9.17) is 19.2 Å². The highest BCUT2D eigenvalue weighted by Gasteiger charge is 2.35. The summed E-state index contributed by atoms with van der Waals surface area (Å²) in [6, 6.07) is 20.8. The van der Waals surface area contributed by atoms with Crippen molar-refractivity contribution in [1.82, 2.24) is 4.57 Å². The van der Waals surface area contributed by atoms with Gasteiger partial charge in [-0.2, -0.15) is 0 Å². The molecule has 0 unspecified atom stereocenters. The molecule has 2 heterocycles. The summed E-state index contributed by atoms with van der Waals surface area (Å²) in [6.45, 7) is 1.89. The summed E-state index contributed by atoms with van der Waals surface area (Å²) in [5.41, 5.74) is 2.13. The first-order valence-corrected chi connectivity index (χ1v) is 13.1. The first-order valence-electron chi connectivity index (χ1n) is 12.2. The molecule has 5 rings (SSSR count). The van der Waals surface area contributed by atoms with E-state index in [1.54, 1.807) is 50.4 Å². The Morgan fingerprint density at radius 1 is 1.05 bits per heavy atom. The van der Waals surface area contributed by atoms with Crippen molar-refractivity contribution < 1.29 is 24.1 Å². The van der Waals surface area contributed by atoms with Crippen LogP contribution in [-0.4, -0.2) is 36.5 Å². The Morgan fingerprint density at radius 2 is 1.82 bits per heavy atom. The van der Waals surface area contributed by atoms with E-state index in [0.717, 1.165) is 5.56 Å². The molecular formula is C30H26N2O6S. The summed E-state index contributed by atoms with van der Waals surface area (Å²) in [5, 5.41) is 10.6. The number of thiazole rings is 1. The number of aromatic hydroxyl groups is 1. The third-order valence-electron chi connectivity index (χ3n) is 6.32. The van der Waals surface area contributed by atoms with Crippen molar-refractivity contribution >= 4 is 29.1 Å². The Kier molecular flexibility index (Phi) is 7.33. The van der Waals surface area contributed by atoms with E-state index in [0.29, 0.717) is 37.7 Å². The van der Waals surface area contributed by atoms with Gasteiger partial charge in [0, 0.05) is 11.1 Å². The lowest BCUT2D eigenvalue weighted by Gasteiger charge is -2.26. The quantitative estimate of drug-likeness (QED) is 0.358. The first-order chi connectivity index (χ1) is 19.0. The molecule has 0 spiro atoms. The van der Waals surface area contributed by atoms with Crippen LogP contribution in [0.15, 0.2) is 88.2 Å². The number of methoxy groups -OCH3 is 2. The Morgan fingerprint density at radius 3 is 2.54 bits per heavy atom. The van der Waals surface area contributed by atoms with Crippen molar-refractivity contribution in [3.05, 3.63) is 115 Å². The zero-order valence-electron chi connectivity index (χ0n) is 21.6. The van der Waals surface area contributed by atoms with Crippen molar-refractivity contribution in [3.63, 3.8) is 0 Å². The number of carbonyl (C=O) groups is 1. The van der Waals surface area contributed by atoms with E-state index in [-0.39, 0.29) is 23.5 Å². The molecule has 0 fully saturated rings. The first kappa shape index (κ1) is 26.0. The maximum absolute atomic E-state index is 14.0. The normalized spacial score (nSPS) is 14.9. The predicted octanol–water partition coefficient (Wildman–Crippen LogP) is 3.66. The summed E-state index contributed by atoms with van der Waals surface area (Å²) < 4.78 is 18.0. The van der Waals surface area contributed by atoms with E-state index >= 15 is 0 Å². The van der Waals surface area contributed by atoms with Crippen LogP contribution in [0.4, 0.5) is 0 Å². The van der Waals surface area contributed by atoms with Gasteiger partial charge in [0.15, 0.2) is 16.3 Å². The highest BCUT2D eigenvalue weighted by molar-refractivity contribution is 7.07. The van der Waals surface area contributed by atoms with Gasteiger partial charge in [-0.25, -0.2) is 9.79 Å². The second-order valence-electron chi connectivity index (χ2n) is 8.61. The van der Waals surface area contributed by atoms with Crippen molar-refractivity contribution in [2.24, 2.45) is 4.99 Å². The lowest BCUT2D eigenvalue weighted by Crippen LogP contribution is -2.40. The zero-order chi connectivity index (χ0) is 27.5. The fourth-order valence-corrected chi connectivity index (χ4v) is 5.52. The van der Waals surface area contributed by atoms with Gasteiger partial charge >= 0.3 is 5.97 Å². The molecule has 0 saturated carbocycles. The maximum Gasteiger partial charge on any atom is 0.338 e. The van der Waals surface area contributed by atoms with Gasteiger partial charge in [-0.05, 0) is 36.8 Å². The Labute approximate surface area is 228 Å². The molecule has 3 aromatic carbocycles. The second kappa shape index (κ2) is 11.0. The Hall–Kier alpha value is -4.63. The van der Waals surface area contributed by atoms with Crippen LogP contribution in [-0.2, 0) is 9.53 Å². The number of esters is 1. The third kappa shape index (κ3) is 4.84. The number of nitrogens with zero attached hydrogens (tertiary/aromatic N) is 2. The van der Waals surface area contributed by atoms with Gasteiger partial charge in [0.1, 0.15) is 5.75 Å². The topological polar surface area (TPSA) is 99.4 Å². The minimum absolute atomic E-state index is 0.0765. The molecule has 39 heavy (non-hydrogen) atoms. The average Bonchev–Trinajstić information content (AvgIpc) is 3.28. The molecule has 1 aliphatic heterocycles. The van der Waals surface area contributed by atoms with E-state index in [1.807, 2.05) is 42.5 Å². The number of carbonyl (C=O) groups excluding carboxylic acids is 1. The molecule has 1 N–H and O–H groups in total. The maximum atomic E-state index is 14.0. The summed E-state index contributed by atoms with van der Waals surface area (Å²) in [6.07, 6.45) is 1.60. The summed E-state index contributed by atoms with van der Waals surface area (Å²) in [7, 11) is 3.02. The molecule has 0 saturated heterocycles. The predicted molar refractivity (Wildman–Crippen MR) is 149 cm³/mol. The molecule has 0 aliphatic carbocycles. The summed E-state index contributed by atoms with van der Waals surface area (Å²) in [5.74, 6) is 0.235. The molecule has 0 amide bonds. The van der Waals surface area contributed by atoms with Gasteiger partial charge in [-0.1, -0.05) is 65.9 Å². The Bertz CT molecular complexity index is 1750. The molecule has 9 heteroatoms. The monoisotopic (exact) mass is 542 g/mol. The minimum atomic E-state index is -0.827. The number of hydrogen-bond donors (Lipinski definition) is 1. The largest absolute Gasteiger partial charge is 0.504 e. The van der Waals surface area contributed by atoms with Gasteiger partial charge in [0.05, 0.1) is 42.7 Å². The molecule has 0 radical (unpaired) electrons. The van der Waals surface area contributed by atoms with Gasteiger partial charge in [0.25, 0.3) is 5.56 Å². The van der Waals surface area contributed by atoms with E-state index in [2.05, 4.69) is 0 Å². The number of phenols is 1. The fourth-order valence-electron chi connectivity index (χ4n) is 4.53. The van der Waals surface area contributed by atoms with Crippen LogP contribution in [0.1, 0.15) is 29.7 Å². The number of rotatable bonds is 7. The number of hydrogen-bond acceptors (Lipinski definition) is 8. The van der Waals surface area contributed by atoms with Crippen molar-refractivity contribution in [2.75, 3.05) is 20.8 Å². The lowest BCUT2D eigenvalue weighted by molar-refractivity contribution is -0.138. The SMILES string of the molecule is CCOC(=O)C1=C(c2ccccc2)N=c2s/c(=C/c3cccc(OC)c3O)c(=O)n2[C@H]1c1cccc(OC)c1. The summed E-state index contributed by atoms with van der Waals surface area (Å²) in [4.78, 5) is 32.7. The molecule has 1 aliphatic rings. The molecule has 0 bridgehead atoms. The third-order valence-corrected chi connectivity index (χ3v) is 7.30. The van der Waals surface area contributed by atoms with E-state index in [1.165, 1.54) is 23.0 Å². The van der Waals surface area contributed by atoms with Crippen molar-refractivity contribution in [1.29, 1.82) is 0 Å². The molecule has 198 valence electrons. The smallest absolute Gasteiger partial charge is 0.338 e. The molecule has 1 aromatic heterocycles. The van der Waals surface area contributed by atoms with Crippen LogP contribution in [0.3, 0.4) is 0 Å². The fraction of sp³-hybridized carbons (Fsp3) is 0.167. The number of aromatic nitrogens is 1. The van der Waals surface area contributed by atoms with Gasteiger partial charge in [-0.3, -0.25) is 9.36 Å². The minimum Gasteiger partial charge on any atom is -0.504 e. The van der Waals surface area contributed by atoms with Gasteiger partial charge < -0.3 is 19.3 Å². The summed E-state index contributed by atoms with van der Waals surface area (Å²) >= 11 is 1.17. The van der Waals surface area contributed by atoms with Crippen molar-refractivity contribution in [2.45, 2.75) is 13.0 Å². The van der Waals surface area contributed by atoms with E-state index in [9.17, 15) is 14.7 Å². The van der Waals surface area contributed by atoms with Crippen LogP contribution in [0.25, 0.3) is 11.8 Å². The number of fused-ring (bicyclic) bond motifs is 1. The molecule has 4 aromatic rings. The number of phenolic OH excluding ortho intramolecular Hbond substituents is 1. The van der Waals surface area contributed by atoms with Crippen LogP contribution in [0.2, 0.25) is 0 Å². The zero-order valence-corrected chi connectivity index (χ0v) is 22.4. The van der Waals surface area contributed by atoms with Crippen molar-refractivity contribution in [3.8, 4) is 17.2 Å². The average molecular weight is 543 g/mol.